The lowest BCUT2D eigenvalue weighted by Gasteiger charge is -2.23. The van der Waals surface area contributed by atoms with Crippen molar-refractivity contribution in [3.8, 4) is 17.2 Å². The minimum Gasteiger partial charge on any atom is -0.507 e. The lowest BCUT2D eigenvalue weighted by Crippen LogP contribution is -2.29. The molecule has 1 atom stereocenters. The van der Waals surface area contributed by atoms with Crippen molar-refractivity contribution in [3.05, 3.63) is 69.7 Å². The number of methoxy groups -OCH3 is 2. The van der Waals surface area contributed by atoms with Gasteiger partial charge in [0.05, 0.1) is 38.1 Å². The van der Waals surface area contributed by atoms with Gasteiger partial charge in [-0.05, 0) is 62.7 Å². The van der Waals surface area contributed by atoms with Crippen molar-refractivity contribution in [1.29, 1.82) is 0 Å². The Morgan fingerprint density at radius 3 is 2.31 bits per heavy atom. The summed E-state index contributed by atoms with van der Waals surface area (Å²) < 4.78 is 16.3. The molecule has 4 rings (SSSR count). The van der Waals surface area contributed by atoms with Gasteiger partial charge in [-0.1, -0.05) is 6.07 Å². The van der Waals surface area contributed by atoms with Crippen LogP contribution in [0.5, 0.6) is 17.2 Å². The van der Waals surface area contributed by atoms with Crippen LogP contribution >= 0.6 is 11.3 Å². The van der Waals surface area contributed by atoms with Crippen molar-refractivity contribution in [1.82, 2.24) is 4.98 Å². The van der Waals surface area contributed by atoms with Crippen LogP contribution in [0, 0.1) is 13.8 Å². The average molecular weight is 495 g/mol. The van der Waals surface area contributed by atoms with Crippen molar-refractivity contribution in [3.63, 3.8) is 0 Å². The summed E-state index contributed by atoms with van der Waals surface area (Å²) in [5, 5.41) is 11.7. The molecule has 1 amide bonds. The van der Waals surface area contributed by atoms with E-state index in [1.807, 2.05) is 20.8 Å². The van der Waals surface area contributed by atoms with E-state index in [0.29, 0.717) is 40.1 Å². The number of carbonyl (C=O) groups excluding carboxylic acids is 2. The topological polar surface area (TPSA) is 98.2 Å². The van der Waals surface area contributed by atoms with Crippen LogP contribution in [0.25, 0.3) is 5.76 Å². The molecule has 1 saturated heterocycles. The van der Waals surface area contributed by atoms with Crippen molar-refractivity contribution < 1.29 is 28.9 Å². The Labute approximate surface area is 207 Å². The summed E-state index contributed by atoms with van der Waals surface area (Å²) in [6, 6.07) is 10.9. The molecule has 35 heavy (non-hydrogen) atoms. The maximum atomic E-state index is 13.3. The number of Topliss-reactive ketones (excluding diaryl/α,β-unsaturated/α-hetero) is 1. The van der Waals surface area contributed by atoms with Gasteiger partial charge in [0.25, 0.3) is 5.78 Å². The van der Waals surface area contributed by atoms with Gasteiger partial charge < -0.3 is 19.3 Å². The first-order chi connectivity index (χ1) is 16.8. The first-order valence-corrected chi connectivity index (χ1v) is 11.8. The number of aliphatic hydroxyl groups is 1. The highest BCUT2D eigenvalue weighted by molar-refractivity contribution is 7.16. The molecule has 1 fully saturated rings. The number of aromatic nitrogens is 1. The third-order valence-electron chi connectivity index (χ3n) is 5.83. The second kappa shape index (κ2) is 9.79. The molecule has 1 aliphatic rings. The van der Waals surface area contributed by atoms with Crippen LogP contribution in [0.4, 0.5) is 5.13 Å². The van der Waals surface area contributed by atoms with Crippen molar-refractivity contribution in [2.45, 2.75) is 26.8 Å². The summed E-state index contributed by atoms with van der Waals surface area (Å²) in [5.74, 6) is -0.259. The number of hydrogen-bond acceptors (Lipinski definition) is 8. The largest absolute Gasteiger partial charge is 0.507 e. The molecule has 8 nitrogen and oxygen atoms in total. The molecule has 0 bridgehead atoms. The zero-order chi connectivity index (χ0) is 25.3. The van der Waals surface area contributed by atoms with E-state index in [-0.39, 0.29) is 11.3 Å². The van der Waals surface area contributed by atoms with E-state index >= 15 is 0 Å². The first kappa shape index (κ1) is 24.3. The molecule has 2 heterocycles. The Kier molecular flexibility index (Phi) is 6.79. The lowest BCUT2D eigenvalue weighted by molar-refractivity contribution is -0.132. The average Bonchev–Trinajstić information content (AvgIpc) is 3.33. The fourth-order valence-electron chi connectivity index (χ4n) is 3.96. The minimum atomic E-state index is -0.911. The van der Waals surface area contributed by atoms with E-state index in [0.717, 1.165) is 10.6 Å². The Balaban J connectivity index is 1.92. The van der Waals surface area contributed by atoms with E-state index < -0.39 is 17.7 Å². The number of benzene rings is 2. The molecule has 1 N–H and O–H groups in total. The van der Waals surface area contributed by atoms with Gasteiger partial charge in [0.15, 0.2) is 16.6 Å². The van der Waals surface area contributed by atoms with E-state index in [9.17, 15) is 14.7 Å². The van der Waals surface area contributed by atoms with Gasteiger partial charge in [-0.2, -0.15) is 0 Å². The molecule has 2 aromatic carbocycles. The van der Waals surface area contributed by atoms with Gasteiger partial charge >= 0.3 is 5.91 Å². The van der Waals surface area contributed by atoms with Crippen molar-refractivity contribution in [2.24, 2.45) is 0 Å². The van der Waals surface area contributed by atoms with E-state index in [2.05, 4.69) is 4.98 Å². The predicted octanol–water partition coefficient (Wildman–Crippen LogP) is 4.80. The summed E-state index contributed by atoms with van der Waals surface area (Å²) in [6.45, 7) is 6.12. The highest BCUT2D eigenvalue weighted by atomic mass is 32.1. The van der Waals surface area contributed by atoms with Crippen LogP contribution in [0.1, 0.15) is 34.7 Å². The van der Waals surface area contributed by atoms with Gasteiger partial charge in [0, 0.05) is 10.4 Å². The second-order valence-electron chi connectivity index (χ2n) is 7.88. The van der Waals surface area contributed by atoms with Crippen molar-refractivity contribution >= 4 is 33.9 Å². The molecule has 1 unspecified atom stereocenters. The lowest BCUT2D eigenvalue weighted by atomic mass is 9.95. The van der Waals surface area contributed by atoms with E-state index in [1.165, 1.54) is 30.5 Å². The fraction of sp³-hybridized carbons (Fsp3) is 0.269. The van der Waals surface area contributed by atoms with Crippen LogP contribution in [0.3, 0.4) is 0 Å². The summed E-state index contributed by atoms with van der Waals surface area (Å²) in [4.78, 5) is 33.4. The number of nitrogens with zero attached hydrogens (tertiary/aromatic N) is 2. The Morgan fingerprint density at radius 1 is 1.06 bits per heavy atom. The Morgan fingerprint density at radius 2 is 1.74 bits per heavy atom. The summed E-state index contributed by atoms with van der Waals surface area (Å²) in [6.07, 6.45) is 0. The van der Waals surface area contributed by atoms with Crippen LogP contribution in [0.15, 0.2) is 48.0 Å². The third-order valence-corrected chi connectivity index (χ3v) is 6.90. The molecule has 3 aromatic rings. The van der Waals surface area contributed by atoms with Gasteiger partial charge in [0.1, 0.15) is 11.5 Å². The van der Waals surface area contributed by atoms with Gasteiger partial charge in [0.2, 0.25) is 0 Å². The molecule has 0 saturated carbocycles. The summed E-state index contributed by atoms with van der Waals surface area (Å²) in [5.41, 5.74) is 1.70. The molecular weight excluding hydrogens is 468 g/mol. The molecule has 0 aliphatic carbocycles. The third kappa shape index (κ3) is 4.35. The quantitative estimate of drug-likeness (QED) is 0.286. The summed E-state index contributed by atoms with van der Waals surface area (Å²) in [7, 11) is 3.03. The molecule has 0 spiro atoms. The fourth-order valence-corrected chi connectivity index (χ4v) is 4.89. The molecule has 9 heteroatoms. The van der Waals surface area contributed by atoms with Crippen LogP contribution in [-0.2, 0) is 9.59 Å². The number of amides is 1. The van der Waals surface area contributed by atoms with Gasteiger partial charge in [-0.3, -0.25) is 14.5 Å². The SMILES string of the molecule is CCOc1ccc(/C(O)=C2\C(=O)C(=O)N(c3nc(C)c(C)s3)C2c2ccc(OC)c(OC)c2)cc1. The highest BCUT2D eigenvalue weighted by Gasteiger charge is 2.48. The Hall–Kier alpha value is -3.85. The summed E-state index contributed by atoms with van der Waals surface area (Å²) >= 11 is 1.32. The molecule has 0 radical (unpaired) electrons. The normalized spacial score (nSPS) is 17.1. The van der Waals surface area contributed by atoms with Crippen LogP contribution in [-0.4, -0.2) is 42.6 Å². The first-order valence-electron chi connectivity index (χ1n) is 11.0. The highest BCUT2D eigenvalue weighted by Crippen LogP contribution is 2.45. The maximum absolute atomic E-state index is 13.3. The second-order valence-corrected chi connectivity index (χ2v) is 9.06. The number of thiazole rings is 1. The number of ether oxygens (including phenoxy) is 3. The monoisotopic (exact) mass is 494 g/mol. The van der Waals surface area contributed by atoms with Gasteiger partial charge in [-0.15, -0.1) is 11.3 Å². The zero-order valence-electron chi connectivity index (χ0n) is 20.1. The number of ketones is 1. The maximum Gasteiger partial charge on any atom is 0.301 e. The zero-order valence-corrected chi connectivity index (χ0v) is 20.9. The molecule has 1 aliphatic heterocycles. The van der Waals surface area contributed by atoms with Crippen molar-refractivity contribution in [2.75, 3.05) is 25.7 Å². The predicted molar refractivity (Wildman–Crippen MR) is 134 cm³/mol. The number of aliphatic hydroxyl groups excluding tert-OH is 1. The van der Waals surface area contributed by atoms with E-state index in [1.54, 1.807) is 42.5 Å². The Bertz CT molecular complexity index is 1290. The number of aryl methyl sites for hydroxylation is 2. The number of hydrogen-bond donors (Lipinski definition) is 1. The number of anilines is 1. The standard InChI is InChI=1S/C26H26N2O6S/c1-6-34-18-10-7-16(8-11-18)23(29)21-22(17-9-12-19(32-4)20(13-17)33-5)28(25(31)24(21)30)26-27-14(2)15(3)35-26/h7-13,22,29H,6H2,1-5H3/b23-21+. The van der Waals surface area contributed by atoms with Crippen LogP contribution < -0.4 is 19.1 Å². The van der Waals surface area contributed by atoms with Crippen LogP contribution in [0.2, 0.25) is 0 Å². The number of rotatable bonds is 7. The van der Waals surface area contributed by atoms with Gasteiger partial charge in [-0.25, -0.2) is 4.98 Å². The molecule has 182 valence electrons. The number of carbonyl (C=O) groups is 2. The molecule has 1 aromatic heterocycles. The van der Waals surface area contributed by atoms with E-state index in [4.69, 9.17) is 14.2 Å². The molecular formula is C26H26N2O6S. The smallest absolute Gasteiger partial charge is 0.301 e. The minimum absolute atomic E-state index is 0.0307.